The first-order chi connectivity index (χ1) is 18.9. The van der Waals surface area contributed by atoms with Crippen LogP contribution in [0.2, 0.25) is 0 Å². The van der Waals surface area contributed by atoms with Crippen LogP contribution < -0.4 is 11.3 Å². The fraction of sp³-hybridized carbons (Fsp3) is 0.355. The van der Waals surface area contributed by atoms with E-state index in [0.717, 1.165) is 60.3 Å². The molecular formula is C31H31N5O4. The minimum atomic E-state index is -1.97. The van der Waals surface area contributed by atoms with Crippen LogP contribution in [0.4, 0.5) is 0 Å². The van der Waals surface area contributed by atoms with Crippen LogP contribution in [0.25, 0.3) is 43.6 Å². The van der Waals surface area contributed by atoms with Gasteiger partial charge in [0.1, 0.15) is 6.23 Å². The normalized spacial score (nSPS) is 26.6. The highest BCUT2D eigenvalue weighted by molar-refractivity contribution is 6.31. The van der Waals surface area contributed by atoms with Crippen molar-refractivity contribution < 1.29 is 19.4 Å². The number of fused-ring (bicyclic) bond motifs is 13. The van der Waals surface area contributed by atoms with Crippen LogP contribution in [-0.2, 0) is 20.8 Å². The van der Waals surface area contributed by atoms with Crippen molar-refractivity contribution in [3.05, 3.63) is 58.7 Å². The van der Waals surface area contributed by atoms with Crippen LogP contribution in [0.3, 0.4) is 0 Å². The molecule has 2 aromatic heterocycles. The van der Waals surface area contributed by atoms with E-state index in [4.69, 9.17) is 10.6 Å². The zero-order valence-electron chi connectivity index (χ0n) is 23.3. The molecule has 9 nitrogen and oxygen atoms in total. The van der Waals surface area contributed by atoms with Crippen LogP contribution >= 0.6 is 0 Å². The molecule has 204 valence electrons. The SMILES string of the molecule is Cc1ccc2c(c1)c1c3c(c4c5cc(C)ccc5n5c4c1n2C1CC(O)(C(=O)NN)C5(C)O1)C(C)(C)N(C)C3=O. The summed E-state index contributed by atoms with van der Waals surface area (Å²) in [6.45, 7) is 10.00. The molecule has 40 heavy (non-hydrogen) atoms. The van der Waals surface area contributed by atoms with E-state index in [2.05, 4.69) is 36.0 Å². The van der Waals surface area contributed by atoms with E-state index in [-0.39, 0.29) is 12.3 Å². The predicted octanol–water partition coefficient (Wildman–Crippen LogP) is 4.17. The van der Waals surface area contributed by atoms with Gasteiger partial charge in [0.25, 0.3) is 11.8 Å². The predicted molar refractivity (Wildman–Crippen MR) is 153 cm³/mol. The number of nitrogens with zero attached hydrogens (tertiary/aromatic N) is 3. The lowest BCUT2D eigenvalue weighted by atomic mass is 9.86. The first kappa shape index (κ1) is 23.9. The molecule has 0 spiro atoms. The summed E-state index contributed by atoms with van der Waals surface area (Å²) < 4.78 is 10.9. The van der Waals surface area contributed by atoms with Crippen molar-refractivity contribution >= 4 is 55.4 Å². The number of aromatic nitrogens is 2. The third kappa shape index (κ3) is 2.31. The van der Waals surface area contributed by atoms with Gasteiger partial charge in [0.15, 0.2) is 11.3 Å². The van der Waals surface area contributed by atoms with Crippen molar-refractivity contribution in [2.24, 2.45) is 5.84 Å². The minimum Gasteiger partial charge on any atom is -0.376 e. The second-order valence-corrected chi connectivity index (χ2v) is 12.5. The maximum absolute atomic E-state index is 14.1. The molecule has 0 saturated carbocycles. The molecule has 4 N–H and O–H groups in total. The first-order valence-electron chi connectivity index (χ1n) is 13.6. The quantitative estimate of drug-likeness (QED) is 0.169. The van der Waals surface area contributed by atoms with E-state index < -0.39 is 29.0 Å². The van der Waals surface area contributed by atoms with Crippen molar-refractivity contribution in [3.8, 4) is 0 Å². The Bertz CT molecular complexity index is 2050. The highest BCUT2D eigenvalue weighted by atomic mass is 16.6. The minimum absolute atomic E-state index is 0.0117. The second kappa shape index (κ2) is 6.86. The number of hydrazine groups is 1. The van der Waals surface area contributed by atoms with Gasteiger partial charge in [0.05, 0.1) is 33.2 Å². The topological polar surface area (TPSA) is 115 Å². The molecule has 2 amide bonds. The van der Waals surface area contributed by atoms with Crippen molar-refractivity contribution in [3.63, 3.8) is 0 Å². The van der Waals surface area contributed by atoms with Crippen molar-refractivity contribution in [1.29, 1.82) is 0 Å². The number of aryl methyl sites for hydroxylation is 2. The van der Waals surface area contributed by atoms with Gasteiger partial charge in [-0.15, -0.1) is 0 Å². The Labute approximate surface area is 230 Å². The van der Waals surface area contributed by atoms with Crippen LogP contribution in [-0.4, -0.2) is 43.6 Å². The summed E-state index contributed by atoms with van der Waals surface area (Å²) >= 11 is 0. The van der Waals surface area contributed by atoms with Gasteiger partial charge in [-0.1, -0.05) is 23.3 Å². The number of rotatable bonds is 1. The van der Waals surface area contributed by atoms with E-state index in [0.29, 0.717) is 5.56 Å². The summed E-state index contributed by atoms with van der Waals surface area (Å²) in [6, 6.07) is 12.4. The van der Waals surface area contributed by atoms with Crippen molar-refractivity contribution in [2.75, 3.05) is 7.05 Å². The molecule has 5 aromatic rings. The molecule has 0 aliphatic carbocycles. The monoisotopic (exact) mass is 537 g/mol. The van der Waals surface area contributed by atoms with Gasteiger partial charge in [-0.05, 0) is 58.9 Å². The lowest BCUT2D eigenvalue weighted by Crippen LogP contribution is -2.60. The molecule has 9 heteroatoms. The Hall–Kier alpha value is -3.92. The third-order valence-electron chi connectivity index (χ3n) is 10.0. The highest BCUT2D eigenvalue weighted by Gasteiger charge is 2.65. The highest BCUT2D eigenvalue weighted by Crippen LogP contribution is 2.59. The molecule has 3 unspecified atom stereocenters. The molecule has 3 atom stereocenters. The zero-order chi connectivity index (χ0) is 28.3. The van der Waals surface area contributed by atoms with Gasteiger partial charge in [-0.3, -0.25) is 15.0 Å². The summed E-state index contributed by atoms with van der Waals surface area (Å²) in [7, 11) is 1.86. The Kier molecular flexibility index (Phi) is 4.10. The number of amides is 2. The number of carbonyl (C=O) groups is 2. The van der Waals surface area contributed by atoms with Gasteiger partial charge in [0.2, 0.25) is 0 Å². The number of hydrogen-bond donors (Lipinski definition) is 3. The number of ether oxygens (including phenoxy) is 1. The molecule has 3 aromatic carbocycles. The van der Waals surface area contributed by atoms with E-state index in [1.807, 2.05) is 54.6 Å². The molecular weight excluding hydrogens is 506 g/mol. The molecule has 0 radical (unpaired) electrons. The van der Waals surface area contributed by atoms with Gasteiger partial charge in [-0.25, -0.2) is 5.84 Å². The largest absolute Gasteiger partial charge is 0.376 e. The van der Waals surface area contributed by atoms with Crippen molar-refractivity contribution in [2.45, 2.75) is 64.1 Å². The summed E-state index contributed by atoms with van der Waals surface area (Å²) in [5.41, 5.74) is 5.34. The summed E-state index contributed by atoms with van der Waals surface area (Å²) in [5, 5.41) is 15.9. The summed E-state index contributed by atoms with van der Waals surface area (Å²) in [5.74, 6) is 4.92. The van der Waals surface area contributed by atoms with E-state index >= 15 is 0 Å². The Balaban J connectivity index is 1.76. The average Bonchev–Trinajstić information content (AvgIpc) is 3.53. The molecule has 8 rings (SSSR count). The molecule has 1 saturated heterocycles. The van der Waals surface area contributed by atoms with Gasteiger partial charge in [-0.2, -0.15) is 0 Å². The number of benzene rings is 3. The second-order valence-electron chi connectivity index (χ2n) is 12.5. The van der Waals surface area contributed by atoms with Gasteiger partial charge >= 0.3 is 0 Å². The smallest absolute Gasteiger partial charge is 0.271 e. The summed E-state index contributed by atoms with van der Waals surface area (Å²) in [4.78, 5) is 29.3. The maximum Gasteiger partial charge on any atom is 0.271 e. The molecule has 3 aliphatic rings. The fourth-order valence-corrected chi connectivity index (χ4v) is 7.85. The van der Waals surface area contributed by atoms with E-state index in [1.165, 1.54) is 0 Å². The third-order valence-corrected chi connectivity index (χ3v) is 10.0. The molecule has 3 aliphatic heterocycles. The molecule has 2 bridgehead atoms. The van der Waals surface area contributed by atoms with Crippen LogP contribution in [0.15, 0.2) is 36.4 Å². The lowest BCUT2D eigenvalue weighted by Gasteiger charge is -2.38. The number of carbonyl (C=O) groups excluding carboxylic acids is 2. The Morgan fingerprint density at radius 2 is 1.65 bits per heavy atom. The van der Waals surface area contributed by atoms with Crippen molar-refractivity contribution in [1.82, 2.24) is 19.5 Å². The van der Waals surface area contributed by atoms with Gasteiger partial charge < -0.3 is 23.9 Å². The van der Waals surface area contributed by atoms with Crippen LogP contribution in [0.5, 0.6) is 0 Å². The fourth-order valence-electron chi connectivity index (χ4n) is 7.85. The standard InChI is InChI=1S/C31H31N5O4/c1-14-7-9-18-16(11-14)21-23-24(29(3,4)34(6)27(23)37)22-17-12-15(2)8-10-19(17)36-26(22)25(21)35(18)20-13-31(39,28(38)33-32)30(36,5)40-20/h7-12,20,39H,13,32H2,1-6H3,(H,33,38). The zero-order valence-corrected chi connectivity index (χ0v) is 23.3. The number of nitrogens with two attached hydrogens (primary N) is 1. The Morgan fingerprint density at radius 3 is 2.30 bits per heavy atom. The van der Waals surface area contributed by atoms with E-state index in [9.17, 15) is 14.7 Å². The molecule has 1 fully saturated rings. The van der Waals surface area contributed by atoms with Crippen LogP contribution in [0, 0.1) is 13.8 Å². The van der Waals surface area contributed by atoms with Gasteiger partial charge in [0, 0.05) is 40.6 Å². The van der Waals surface area contributed by atoms with Crippen LogP contribution in [0.1, 0.15) is 60.5 Å². The number of nitrogens with one attached hydrogen (secondary N) is 1. The summed E-state index contributed by atoms with van der Waals surface area (Å²) in [6.07, 6.45) is -0.693. The number of hydrogen-bond acceptors (Lipinski definition) is 5. The van der Waals surface area contributed by atoms with E-state index in [1.54, 1.807) is 6.92 Å². The molecule has 5 heterocycles. The number of aliphatic hydroxyl groups is 1. The first-order valence-corrected chi connectivity index (χ1v) is 13.6. The Morgan fingerprint density at radius 1 is 1.02 bits per heavy atom. The maximum atomic E-state index is 14.1. The average molecular weight is 538 g/mol. The lowest BCUT2D eigenvalue weighted by molar-refractivity contribution is -0.187.